The number of carbonyl (C=O) groups is 3. The quantitative estimate of drug-likeness (QED) is 0.487. The molecule has 7 nitrogen and oxygen atoms in total. The van der Waals surface area contributed by atoms with E-state index >= 15 is 0 Å². The van der Waals surface area contributed by atoms with Crippen LogP contribution >= 0.6 is 0 Å². The Morgan fingerprint density at radius 3 is 2.55 bits per heavy atom. The molecule has 0 aliphatic carbocycles. The fourth-order valence-corrected chi connectivity index (χ4v) is 2.01. The van der Waals surface area contributed by atoms with Crippen LogP contribution in [0.25, 0.3) is 10.9 Å². The number of benzene rings is 1. The molecule has 3 amide bonds. The van der Waals surface area contributed by atoms with Gasteiger partial charge in [-0.25, -0.2) is 0 Å². The molecule has 0 saturated carbocycles. The first-order chi connectivity index (χ1) is 10.5. The van der Waals surface area contributed by atoms with E-state index in [0.29, 0.717) is 0 Å². The van der Waals surface area contributed by atoms with Crippen LogP contribution in [-0.2, 0) is 20.8 Å². The molecule has 0 saturated heterocycles. The lowest BCUT2D eigenvalue weighted by Crippen LogP contribution is -2.50. The standard InChI is InChI=1S/C15H18N4O3/c1-9(2)17-14(21)15(22)19-18-13(20)7-10-8-16-12-6-4-3-5-11(10)12/h3-6,8-9,16H,7H2,1-2H3,(H,17,21)(H,18,20)(H,19,22). The van der Waals surface area contributed by atoms with Crippen LogP contribution in [0.4, 0.5) is 0 Å². The van der Waals surface area contributed by atoms with Crippen molar-refractivity contribution >= 4 is 28.6 Å². The van der Waals surface area contributed by atoms with Gasteiger partial charge in [0.2, 0.25) is 5.91 Å². The second-order valence-corrected chi connectivity index (χ2v) is 5.17. The third kappa shape index (κ3) is 3.85. The number of amides is 3. The molecule has 22 heavy (non-hydrogen) atoms. The van der Waals surface area contributed by atoms with Crippen molar-refractivity contribution in [1.82, 2.24) is 21.2 Å². The van der Waals surface area contributed by atoms with E-state index in [9.17, 15) is 14.4 Å². The Labute approximate surface area is 127 Å². The summed E-state index contributed by atoms with van der Waals surface area (Å²) in [7, 11) is 0. The summed E-state index contributed by atoms with van der Waals surface area (Å²) < 4.78 is 0. The molecule has 0 aliphatic rings. The number of H-pyrrole nitrogens is 1. The number of aromatic nitrogens is 1. The molecule has 0 spiro atoms. The lowest BCUT2D eigenvalue weighted by atomic mass is 10.1. The van der Waals surface area contributed by atoms with Crippen LogP contribution in [0.5, 0.6) is 0 Å². The summed E-state index contributed by atoms with van der Waals surface area (Å²) in [5.74, 6) is -2.10. The van der Waals surface area contributed by atoms with E-state index in [0.717, 1.165) is 16.5 Å². The summed E-state index contributed by atoms with van der Waals surface area (Å²) in [6, 6.07) is 7.45. The van der Waals surface area contributed by atoms with Crippen LogP contribution in [0.15, 0.2) is 30.5 Å². The molecule has 0 atom stereocenters. The van der Waals surface area contributed by atoms with Gasteiger partial charge in [0.25, 0.3) is 0 Å². The molecule has 116 valence electrons. The highest BCUT2D eigenvalue weighted by molar-refractivity contribution is 6.35. The topological polar surface area (TPSA) is 103 Å². The van der Waals surface area contributed by atoms with Crippen molar-refractivity contribution in [1.29, 1.82) is 0 Å². The number of hydrogen-bond donors (Lipinski definition) is 4. The van der Waals surface area contributed by atoms with Gasteiger partial charge in [0, 0.05) is 23.1 Å². The lowest BCUT2D eigenvalue weighted by molar-refractivity contribution is -0.141. The van der Waals surface area contributed by atoms with E-state index in [4.69, 9.17) is 0 Å². The van der Waals surface area contributed by atoms with E-state index in [-0.39, 0.29) is 12.5 Å². The Morgan fingerprint density at radius 1 is 1.09 bits per heavy atom. The fraction of sp³-hybridized carbons (Fsp3) is 0.267. The number of fused-ring (bicyclic) bond motifs is 1. The highest BCUT2D eigenvalue weighted by atomic mass is 16.2. The zero-order chi connectivity index (χ0) is 16.1. The van der Waals surface area contributed by atoms with Crippen LogP contribution < -0.4 is 16.2 Å². The van der Waals surface area contributed by atoms with Crippen molar-refractivity contribution in [2.24, 2.45) is 0 Å². The average Bonchev–Trinajstić information content (AvgIpc) is 2.87. The molecule has 0 unspecified atom stereocenters. The zero-order valence-corrected chi connectivity index (χ0v) is 12.4. The molecular formula is C15H18N4O3. The Balaban J connectivity index is 1.88. The van der Waals surface area contributed by atoms with Crippen molar-refractivity contribution in [2.45, 2.75) is 26.3 Å². The molecule has 0 fully saturated rings. The third-order valence-corrected chi connectivity index (χ3v) is 2.97. The molecule has 1 aromatic carbocycles. The molecule has 2 rings (SSSR count). The zero-order valence-electron chi connectivity index (χ0n) is 12.4. The average molecular weight is 302 g/mol. The number of carbonyl (C=O) groups excluding carboxylic acids is 3. The van der Waals surface area contributed by atoms with E-state index in [1.165, 1.54) is 0 Å². The second kappa shape index (κ2) is 6.75. The Bertz CT molecular complexity index is 706. The van der Waals surface area contributed by atoms with Crippen LogP contribution in [0.2, 0.25) is 0 Å². The van der Waals surface area contributed by atoms with Crippen LogP contribution in [-0.4, -0.2) is 28.7 Å². The van der Waals surface area contributed by atoms with Crippen molar-refractivity contribution in [2.75, 3.05) is 0 Å². The predicted octanol–water partition coefficient (Wildman–Crippen LogP) is 0.382. The summed E-state index contributed by atoms with van der Waals surface area (Å²) in [5, 5.41) is 3.37. The van der Waals surface area contributed by atoms with Crippen molar-refractivity contribution in [3.8, 4) is 0 Å². The van der Waals surface area contributed by atoms with E-state index in [1.54, 1.807) is 20.0 Å². The van der Waals surface area contributed by atoms with Gasteiger partial charge >= 0.3 is 11.8 Å². The normalized spacial score (nSPS) is 10.5. The third-order valence-electron chi connectivity index (χ3n) is 2.97. The largest absolute Gasteiger partial charge is 0.361 e. The first-order valence-corrected chi connectivity index (χ1v) is 6.92. The first kappa shape index (κ1) is 15.6. The SMILES string of the molecule is CC(C)NC(=O)C(=O)NNC(=O)Cc1c[nH]c2ccccc12. The Kier molecular flexibility index (Phi) is 4.77. The molecule has 0 radical (unpaired) electrons. The van der Waals surface area contributed by atoms with E-state index in [2.05, 4.69) is 21.2 Å². The van der Waals surface area contributed by atoms with Crippen LogP contribution in [0.3, 0.4) is 0 Å². The maximum absolute atomic E-state index is 11.8. The number of hydrazine groups is 1. The van der Waals surface area contributed by atoms with Gasteiger partial charge in [-0.1, -0.05) is 18.2 Å². The first-order valence-electron chi connectivity index (χ1n) is 6.92. The summed E-state index contributed by atoms with van der Waals surface area (Å²) in [6.45, 7) is 3.47. The van der Waals surface area contributed by atoms with Gasteiger partial charge in [0.15, 0.2) is 0 Å². The van der Waals surface area contributed by atoms with Crippen molar-refractivity contribution in [3.05, 3.63) is 36.0 Å². The Hall–Kier alpha value is -2.83. The molecule has 1 heterocycles. The summed E-state index contributed by atoms with van der Waals surface area (Å²) in [4.78, 5) is 37.7. The minimum Gasteiger partial charge on any atom is -0.361 e. The molecule has 7 heteroatoms. The monoisotopic (exact) mass is 302 g/mol. The molecule has 0 aliphatic heterocycles. The maximum atomic E-state index is 11.8. The minimum absolute atomic E-state index is 0.0933. The number of nitrogens with one attached hydrogen (secondary N) is 4. The van der Waals surface area contributed by atoms with Crippen LogP contribution in [0.1, 0.15) is 19.4 Å². The number of aromatic amines is 1. The summed E-state index contributed by atoms with van der Waals surface area (Å²) in [6.07, 6.45) is 1.84. The molecular weight excluding hydrogens is 284 g/mol. The molecule has 1 aromatic heterocycles. The van der Waals surface area contributed by atoms with Crippen LogP contribution in [0, 0.1) is 0 Å². The lowest BCUT2D eigenvalue weighted by Gasteiger charge is -2.09. The molecule has 0 bridgehead atoms. The van der Waals surface area contributed by atoms with Gasteiger partial charge in [-0.05, 0) is 25.5 Å². The maximum Gasteiger partial charge on any atom is 0.327 e. The van der Waals surface area contributed by atoms with E-state index in [1.807, 2.05) is 24.3 Å². The summed E-state index contributed by atoms with van der Waals surface area (Å²) >= 11 is 0. The second-order valence-electron chi connectivity index (χ2n) is 5.17. The Morgan fingerprint density at radius 2 is 1.82 bits per heavy atom. The predicted molar refractivity (Wildman–Crippen MR) is 81.6 cm³/mol. The van der Waals surface area contributed by atoms with Gasteiger partial charge < -0.3 is 10.3 Å². The fourth-order valence-electron chi connectivity index (χ4n) is 2.01. The highest BCUT2D eigenvalue weighted by Gasteiger charge is 2.15. The molecule has 4 N–H and O–H groups in total. The van der Waals surface area contributed by atoms with Gasteiger partial charge in [-0.3, -0.25) is 25.2 Å². The molecule has 2 aromatic rings. The summed E-state index contributed by atoms with van der Waals surface area (Å²) in [5.41, 5.74) is 6.06. The van der Waals surface area contributed by atoms with Gasteiger partial charge in [0.05, 0.1) is 6.42 Å². The van der Waals surface area contributed by atoms with Crippen molar-refractivity contribution in [3.63, 3.8) is 0 Å². The number of rotatable bonds is 3. The highest BCUT2D eigenvalue weighted by Crippen LogP contribution is 2.17. The minimum atomic E-state index is -0.902. The number of hydrogen-bond acceptors (Lipinski definition) is 3. The van der Waals surface area contributed by atoms with Gasteiger partial charge in [-0.2, -0.15) is 0 Å². The van der Waals surface area contributed by atoms with Gasteiger partial charge in [-0.15, -0.1) is 0 Å². The van der Waals surface area contributed by atoms with Crippen molar-refractivity contribution < 1.29 is 14.4 Å². The number of para-hydroxylation sites is 1. The van der Waals surface area contributed by atoms with Gasteiger partial charge in [0.1, 0.15) is 0 Å². The van der Waals surface area contributed by atoms with E-state index < -0.39 is 17.7 Å². The smallest absolute Gasteiger partial charge is 0.327 e.